The molecular weight excluding hydrogens is 210 g/mol. The summed E-state index contributed by atoms with van der Waals surface area (Å²) in [7, 11) is 1.79. The van der Waals surface area contributed by atoms with E-state index in [1.165, 1.54) is 19.3 Å². The molecule has 1 fully saturated rings. The molecule has 0 amide bonds. The van der Waals surface area contributed by atoms with E-state index in [9.17, 15) is 0 Å². The van der Waals surface area contributed by atoms with Gasteiger partial charge in [0.05, 0.1) is 0 Å². The molecule has 0 aromatic heterocycles. The van der Waals surface area contributed by atoms with E-state index in [1.54, 1.807) is 7.11 Å². The number of hydrogen-bond acceptors (Lipinski definition) is 2. The van der Waals surface area contributed by atoms with Crippen molar-refractivity contribution >= 4 is 0 Å². The molecule has 0 aromatic rings. The Morgan fingerprint density at radius 2 is 1.76 bits per heavy atom. The molecule has 1 N–H and O–H groups in total. The summed E-state index contributed by atoms with van der Waals surface area (Å²) in [4.78, 5) is 0. The van der Waals surface area contributed by atoms with Crippen molar-refractivity contribution in [2.75, 3.05) is 20.3 Å². The van der Waals surface area contributed by atoms with Gasteiger partial charge in [0.1, 0.15) is 0 Å². The first-order valence-corrected chi connectivity index (χ1v) is 7.18. The van der Waals surface area contributed by atoms with Crippen LogP contribution < -0.4 is 5.32 Å². The number of rotatable bonds is 6. The molecule has 2 heteroatoms. The maximum Gasteiger partial charge on any atom is 0.0467 e. The van der Waals surface area contributed by atoms with Crippen molar-refractivity contribution in [1.82, 2.24) is 5.32 Å². The van der Waals surface area contributed by atoms with Crippen LogP contribution in [0.3, 0.4) is 0 Å². The van der Waals surface area contributed by atoms with Crippen LogP contribution in [0.5, 0.6) is 0 Å². The van der Waals surface area contributed by atoms with E-state index >= 15 is 0 Å². The van der Waals surface area contributed by atoms with E-state index in [4.69, 9.17) is 4.74 Å². The zero-order chi connectivity index (χ0) is 12.9. The van der Waals surface area contributed by atoms with Gasteiger partial charge in [-0.25, -0.2) is 0 Å². The largest absolute Gasteiger partial charge is 0.385 e. The summed E-state index contributed by atoms with van der Waals surface area (Å²) < 4.78 is 5.18. The lowest BCUT2D eigenvalue weighted by atomic mass is 9.78. The van der Waals surface area contributed by atoms with Gasteiger partial charge in [-0.15, -0.1) is 0 Å². The fraction of sp³-hybridized carbons (Fsp3) is 1.00. The van der Waals surface area contributed by atoms with Crippen molar-refractivity contribution in [3.63, 3.8) is 0 Å². The molecule has 102 valence electrons. The summed E-state index contributed by atoms with van der Waals surface area (Å²) in [5, 5.41) is 3.81. The molecule has 1 aliphatic rings. The van der Waals surface area contributed by atoms with Gasteiger partial charge < -0.3 is 10.1 Å². The minimum absolute atomic E-state index is 0.340. The van der Waals surface area contributed by atoms with E-state index in [1.807, 2.05) is 0 Å². The Balaban J connectivity index is 2.37. The first-order chi connectivity index (χ1) is 7.96. The fourth-order valence-electron chi connectivity index (χ4n) is 2.95. The zero-order valence-corrected chi connectivity index (χ0v) is 12.4. The molecule has 2 nitrogen and oxygen atoms in total. The Kier molecular flexibility index (Phi) is 5.94. The Hall–Kier alpha value is -0.0800. The molecule has 0 heterocycles. The van der Waals surface area contributed by atoms with Crippen molar-refractivity contribution < 1.29 is 4.74 Å². The molecule has 2 atom stereocenters. The van der Waals surface area contributed by atoms with Crippen LogP contribution in [-0.4, -0.2) is 26.3 Å². The maximum absolute atomic E-state index is 5.18. The average molecular weight is 241 g/mol. The first-order valence-electron chi connectivity index (χ1n) is 7.18. The number of methoxy groups -OCH3 is 1. The predicted molar refractivity (Wildman–Crippen MR) is 74.2 cm³/mol. The molecule has 17 heavy (non-hydrogen) atoms. The average Bonchev–Trinajstić information content (AvgIpc) is 2.26. The van der Waals surface area contributed by atoms with E-state index in [2.05, 4.69) is 33.0 Å². The molecule has 0 bridgehead atoms. The van der Waals surface area contributed by atoms with Gasteiger partial charge in [0.25, 0.3) is 0 Å². The van der Waals surface area contributed by atoms with Crippen LogP contribution in [-0.2, 0) is 4.74 Å². The molecule has 2 unspecified atom stereocenters. The maximum atomic E-state index is 5.18. The van der Waals surface area contributed by atoms with Crippen LogP contribution in [0.4, 0.5) is 0 Å². The highest BCUT2D eigenvalue weighted by molar-refractivity contribution is 4.85. The number of nitrogens with one attached hydrogen (secondary N) is 1. The zero-order valence-electron chi connectivity index (χ0n) is 12.4. The minimum Gasteiger partial charge on any atom is -0.385 e. The Morgan fingerprint density at radius 1 is 1.18 bits per heavy atom. The van der Waals surface area contributed by atoms with Gasteiger partial charge in [0, 0.05) is 26.3 Å². The fourth-order valence-corrected chi connectivity index (χ4v) is 2.95. The molecule has 1 rings (SSSR count). The normalized spacial score (nSPS) is 30.5. The van der Waals surface area contributed by atoms with Crippen LogP contribution in [0.1, 0.15) is 53.4 Å². The molecule has 0 radical (unpaired) electrons. The second-order valence-electron chi connectivity index (χ2n) is 6.70. The van der Waals surface area contributed by atoms with Gasteiger partial charge in [0.15, 0.2) is 0 Å². The minimum atomic E-state index is 0.340. The molecule has 0 saturated heterocycles. The van der Waals surface area contributed by atoms with E-state index in [0.717, 1.165) is 31.4 Å². The van der Waals surface area contributed by atoms with Crippen LogP contribution in [0.2, 0.25) is 0 Å². The molecular formula is C15H31NO. The van der Waals surface area contributed by atoms with Crippen molar-refractivity contribution in [1.29, 1.82) is 0 Å². The second kappa shape index (κ2) is 6.75. The Bertz CT molecular complexity index is 205. The van der Waals surface area contributed by atoms with Crippen LogP contribution in [0.25, 0.3) is 0 Å². The van der Waals surface area contributed by atoms with Gasteiger partial charge in [-0.3, -0.25) is 0 Å². The van der Waals surface area contributed by atoms with Crippen LogP contribution in [0, 0.1) is 17.3 Å². The molecule has 1 saturated carbocycles. The quantitative estimate of drug-likeness (QED) is 0.769. The smallest absolute Gasteiger partial charge is 0.0467 e. The van der Waals surface area contributed by atoms with Crippen molar-refractivity contribution in [3.05, 3.63) is 0 Å². The van der Waals surface area contributed by atoms with Crippen LogP contribution in [0.15, 0.2) is 0 Å². The summed E-state index contributed by atoms with van der Waals surface area (Å²) in [5.74, 6) is 1.66. The van der Waals surface area contributed by atoms with Crippen LogP contribution >= 0.6 is 0 Å². The molecule has 1 aliphatic carbocycles. The lowest BCUT2D eigenvalue weighted by Gasteiger charge is -2.38. The Labute approximate surface area is 108 Å². The van der Waals surface area contributed by atoms with E-state index in [0.29, 0.717) is 11.5 Å². The standard InChI is InChI=1S/C15H31NO/c1-12-7-6-8-13(2)14(12)16-11-15(3,4)9-10-17-5/h12-14,16H,6-11H2,1-5H3. The second-order valence-corrected chi connectivity index (χ2v) is 6.70. The summed E-state index contributed by atoms with van der Waals surface area (Å²) >= 11 is 0. The van der Waals surface area contributed by atoms with Gasteiger partial charge >= 0.3 is 0 Å². The summed E-state index contributed by atoms with van der Waals surface area (Å²) in [5.41, 5.74) is 0.340. The van der Waals surface area contributed by atoms with Crippen molar-refractivity contribution in [2.45, 2.75) is 59.4 Å². The molecule has 0 aromatic carbocycles. The van der Waals surface area contributed by atoms with Gasteiger partial charge in [-0.1, -0.05) is 34.1 Å². The Morgan fingerprint density at radius 3 is 2.29 bits per heavy atom. The highest BCUT2D eigenvalue weighted by Gasteiger charge is 2.29. The van der Waals surface area contributed by atoms with Gasteiger partial charge in [-0.05, 0) is 36.5 Å². The van der Waals surface area contributed by atoms with Gasteiger partial charge in [-0.2, -0.15) is 0 Å². The first kappa shape index (κ1) is 15.0. The lowest BCUT2D eigenvalue weighted by molar-refractivity contribution is 0.136. The lowest BCUT2D eigenvalue weighted by Crippen LogP contribution is -2.46. The monoisotopic (exact) mass is 241 g/mol. The third-order valence-electron chi connectivity index (χ3n) is 4.34. The number of hydrogen-bond donors (Lipinski definition) is 1. The highest BCUT2D eigenvalue weighted by Crippen LogP contribution is 2.30. The van der Waals surface area contributed by atoms with Crippen molar-refractivity contribution in [3.8, 4) is 0 Å². The highest BCUT2D eigenvalue weighted by atomic mass is 16.5. The third-order valence-corrected chi connectivity index (χ3v) is 4.34. The van der Waals surface area contributed by atoms with Gasteiger partial charge in [0.2, 0.25) is 0 Å². The molecule has 0 spiro atoms. The SMILES string of the molecule is COCCC(C)(C)CNC1C(C)CCCC1C. The number of ether oxygens (including phenoxy) is 1. The summed E-state index contributed by atoms with van der Waals surface area (Å²) in [6, 6.07) is 0.713. The topological polar surface area (TPSA) is 21.3 Å². The summed E-state index contributed by atoms with van der Waals surface area (Å²) in [6.45, 7) is 11.4. The van der Waals surface area contributed by atoms with E-state index in [-0.39, 0.29) is 0 Å². The van der Waals surface area contributed by atoms with E-state index < -0.39 is 0 Å². The third kappa shape index (κ3) is 4.97. The molecule has 0 aliphatic heterocycles. The summed E-state index contributed by atoms with van der Waals surface area (Å²) in [6.07, 6.45) is 5.32. The van der Waals surface area contributed by atoms with Crippen molar-refractivity contribution in [2.24, 2.45) is 17.3 Å². The predicted octanol–water partition coefficient (Wildman–Crippen LogP) is 3.46.